The lowest BCUT2D eigenvalue weighted by molar-refractivity contribution is -0.140. The van der Waals surface area contributed by atoms with E-state index in [-0.39, 0.29) is 5.56 Å². The van der Waals surface area contributed by atoms with Gasteiger partial charge in [-0.3, -0.25) is 4.79 Å². The lowest BCUT2D eigenvalue weighted by Crippen LogP contribution is -2.46. The third-order valence-electron chi connectivity index (χ3n) is 2.65. The molecule has 3 nitrogen and oxygen atoms in total. The fourth-order valence-electron chi connectivity index (χ4n) is 1.41. The summed E-state index contributed by atoms with van der Waals surface area (Å²) in [6, 6.07) is 1.68. The van der Waals surface area contributed by atoms with Crippen molar-refractivity contribution in [1.82, 2.24) is 0 Å². The highest BCUT2D eigenvalue weighted by Crippen LogP contribution is 2.27. The fraction of sp³-hybridized carbons (Fsp3) is 0.364. The van der Waals surface area contributed by atoms with Crippen LogP contribution in [0.3, 0.4) is 0 Å². The van der Waals surface area contributed by atoms with E-state index in [0.29, 0.717) is 0 Å². The molecule has 0 fully saturated rings. The normalized spacial score (nSPS) is 13.6. The summed E-state index contributed by atoms with van der Waals surface area (Å²) in [6.45, 7) is 3.06. The summed E-state index contributed by atoms with van der Waals surface area (Å²) in [6.07, 6.45) is 0. The average molecular weight is 229 g/mol. The second-order valence-corrected chi connectivity index (χ2v) is 4.20. The third kappa shape index (κ3) is 2.36. The van der Waals surface area contributed by atoms with Crippen LogP contribution in [-0.4, -0.2) is 17.1 Å². The Morgan fingerprint density at radius 3 is 2.12 bits per heavy atom. The van der Waals surface area contributed by atoms with Gasteiger partial charge in [-0.05, 0) is 17.7 Å². The summed E-state index contributed by atoms with van der Waals surface area (Å²) < 4.78 is 26.0. The standard InChI is InChI=1S/C11H13F2NO2/c1-11(2,9(14)10(15)16)6-3-7(12)5-8(13)4-6/h3-5,9H,14H2,1-2H3,(H,15,16). The Morgan fingerprint density at radius 1 is 1.31 bits per heavy atom. The van der Waals surface area contributed by atoms with E-state index in [1.54, 1.807) is 0 Å². The molecule has 1 aromatic rings. The summed E-state index contributed by atoms with van der Waals surface area (Å²) in [5, 5.41) is 8.81. The highest BCUT2D eigenvalue weighted by atomic mass is 19.1. The van der Waals surface area contributed by atoms with E-state index in [4.69, 9.17) is 10.8 Å². The second kappa shape index (κ2) is 4.17. The van der Waals surface area contributed by atoms with Crippen LogP contribution in [0, 0.1) is 11.6 Å². The van der Waals surface area contributed by atoms with Gasteiger partial charge < -0.3 is 10.8 Å². The Bertz CT molecular complexity index is 398. The number of benzene rings is 1. The molecule has 0 aliphatic heterocycles. The first-order valence-corrected chi connectivity index (χ1v) is 4.70. The number of nitrogens with two attached hydrogens (primary N) is 1. The highest BCUT2D eigenvalue weighted by molar-refractivity contribution is 5.75. The number of carbonyl (C=O) groups is 1. The quantitative estimate of drug-likeness (QED) is 0.828. The molecule has 5 heteroatoms. The van der Waals surface area contributed by atoms with Crippen LogP contribution in [0.2, 0.25) is 0 Å². The van der Waals surface area contributed by atoms with E-state index in [9.17, 15) is 13.6 Å². The summed E-state index contributed by atoms with van der Waals surface area (Å²) >= 11 is 0. The molecule has 0 aromatic heterocycles. The topological polar surface area (TPSA) is 63.3 Å². The molecule has 0 bridgehead atoms. The van der Waals surface area contributed by atoms with Gasteiger partial charge in [0, 0.05) is 11.5 Å². The largest absolute Gasteiger partial charge is 0.480 e. The fourth-order valence-corrected chi connectivity index (χ4v) is 1.41. The summed E-state index contributed by atoms with van der Waals surface area (Å²) in [7, 11) is 0. The van der Waals surface area contributed by atoms with Gasteiger partial charge in [-0.15, -0.1) is 0 Å². The maximum Gasteiger partial charge on any atom is 0.321 e. The van der Waals surface area contributed by atoms with Crippen molar-refractivity contribution in [2.45, 2.75) is 25.3 Å². The van der Waals surface area contributed by atoms with E-state index in [0.717, 1.165) is 18.2 Å². The summed E-state index contributed by atoms with van der Waals surface area (Å²) in [5.74, 6) is -2.71. The maximum atomic E-state index is 13.0. The van der Waals surface area contributed by atoms with Gasteiger partial charge in [0.15, 0.2) is 0 Å². The minimum Gasteiger partial charge on any atom is -0.480 e. The predicted molar refractivity (Wildman–Crippen MR) is 55.0 cm³/mol. The Kier molecular flexibility index (Phi) is 3.28. The number of carboxylic acids is 1. The number of hydrogen-bond acceptors (Lipinski definition) is 2. The molecule has 0 spiro atoms. The van der Waals surface area contributed by atoms with E-state index in [1.807, 2.05) is 0 Å². The van der Waals surface area contributed by atoms with Crippen LogP contribution in [0.25, 0.3) is 0 Å². The molecular formula is C11H13F2NO2. The zero-order chi connectivity index (χ0) is 12.5. The molecular weight excluding hydrogens is 216 g/mol. The Balaban J connectivity index is 3.20. The van der Waals surface area contributed by atoms with Gasteiger partial charge in [0.05, 0.1) is 0 Å². The molecule has 0 saturated carbocycles. The number of halogens is 2. The molecule has 88 valence electrons. The predicted octanol–water partition coefficient (Wildman–Crippen LogP) is 1.65. The van der Waals surface area contributed by atoms with Gasteiger partial charge in [-0.2, -0.15) is 0 Å². The van der Waals surface area contributed by atoms with E-state index in [2.05, 4.69) is 0 Å². The highest BCUT2D eigenvalue weighted by Gasteiger charge is 2.34. The van der Waals surface area contributed by atoms with Crippen molar-refractivity contribution in [2.24, 2.45) is 5.73 Å². The van der Waals surface area contributed by atoms with Crippen molar-refractivity contribution in [1.29, 1.82) is 0 Å². The van der Waals surface area contributed by atoms with Gasteiger partial charge in [0.1, 0.15) is 17.7 Å². The molecule has 0 amide bonds. The van der Waals surface area contributed by atoms with Crippen LogP contribution in [0.4, 0.5) is 8.78 Å². The molecule has 1 aromatic carbocycles. The molecule has 1 unspecified atom stereocenters. The summed E-state index contributed by atoms with van der Waals surface area (Å²) in [4.78, 5) is 10.8. The van der Waals surface area contributed by atoms with Crippen molar-refractivity contribution in [3.05, 3.63) is 35.4 Å². The van der Waals surface area contributed by atoms with Crippen molar-refractivity contribution in [2.75, 3.05) is 0 Å². The van der Waals surface area contributed by atoms with Crippen LogP contribution in [0.5, 0.6) is 0 Å². The van der Waals surface area contributed by atoms with Gasteiger partial charge in [-0.25, -0.2) is 8.78 Å². The van der Waals surface area contributed by atoms with E-state index >= 15 is 0 Å². The second-order valence-electron chi connectivity index (χ2n) is 4.20. The zero-order valence-electron chi connectivity index (χ0n) is 9.00. The van der Waals surface area contributed by atoms with Crippen LogP contribution < -0.4 is 5.73 Å². The smallest absolute Gasteiger partial charge is 0.321 e. The van der Waals surface area contributed by atoms with Crippen molar-refractivity contribution in [3.63, 3.8) is 0 Å². The Labute approximate surface area is 91.9 Å². The van der Waals surface area contributed by atoms with Crippen LogP contribution in [0.1, 0.15) is 19.4 Å². The van der Waals surface area contributed by atoms with Crippen LogP contribution in [0.15, 0.2) is 18.2 Å². The van der Waals surface area contributed by atoms with E-state index < -0.39 is 29.1 Å². The molecule has 0 aliphatic rings. The lowest BCUT2D eigenvalue weighted by Gasteiger charge is -2.29. The monoisotopic (exact) mass is 229 g/mol. The lowest BCUT2D eigenvalue weighted by atomic mass is 9.78. The Hall–Kier alpha value is -1.49. The van der Waals surface area contributed by atoms with Gasteiger partial charge >= 0.3 is 5.97 Å². The number of aliphatic carboxylic acids is 1. The Morgan fingerprint density at radius 2 is 1.75 bits per heavy atom. The van der Waals surface area contributed by atoms with E-state index in [1.165, 1.54) is 13.8 Å². The van der Waals surface area contributed by atoms with Gasteiger partial charge in [0.2, 0.25) is 0 Å². The molecule has 0 aliphatic carbocycles. The van der Waals surface area contributed by atoms with Crippen molar-refractivity contribution < 1.29 is 18.7 Å². The van der Waals surface area contributed by atoms with Crippen LogP contribution in [-0.2, 0) is 10.2 Å². The molecule has 0 heterocycles. The van der Waals surface area contributed by atoms with Gasteiger partial charge in [-0.1, -0.05) is 13.8 Å². The molecule has 3 N–H and O–H groups in total. The van der Waals surface area contributed by atoms with Crippen molar-refractivity contribution >= 4 is 5.97 Å². The zero-order valence-corrected chi connectivity index (χ0v) is 9.00. The number of carboxylic acid groups (broad SMARTS) is 1. The summed E-state index contributed by atoms with van der Waals surface area (Å²) in [5.41, 5.74) is 4.66. The molecule has 0 radical (unpaired) electrons. The van der Waals surface area contributed by atoms with Crippen LogP contribution >= 0.6 is 0 Å². The minimum absolute atomic E-state index is 0.222. The molecule has 1 atom stereocenters. The third-order valence-corrected chi connectivity index (χ3v) is 2.65. The number of rotatable bonds is 3. The van der Waals surface area contributed by atoms with Gasteiger partial charge in [0.25, 0.3) is 0 Å². The SMILES string of the molecule is CC(C)(c1cc(F)cc(F)c1)C(N)C(=O)O. The average Bonchev–Trinajstić information content (AvgIpc) is 2.14. The minimum atomic E-state index is -1.23. The maximum absolute atomic E-state index is 13.0. The first kappa shape index (κ1) is 12.6. The molecule has 16 heavy (non-hydrogen) atoms. The molecule has 1 rings (SSSR count). The molecule has 0 saturated heterocycles. The first-order chi connectivity index (χ1) is 7.25. The number of hydrogen-bond donors (Lipinski definition) is 2. The van der Waals surface area contributed by atoms with Crippen molar-refractivity contribution in [3.8, 4) is 0 Å². The first-order valence-electron chi connectivity index (χ1n) is 4.70.